The number of hydrogen-bond acceptors (Lipinski definition) is 2. The first-order valence-corrected chi connectivity index (χ1v) is 6.81. The highest BCUT2D eigenvalue weighted by Crippen LogP contribution is 2.17. The summed E-state index contributed by atoms with van der Waals surface area (Å²) in [6.45, 7) is 2.87. The fourth-order valence-corrected chi connectivity index (χ4v) is 2.62. The van der Waals surface area contributed by atoms with Gasteiger partial charge in [0.2, 0.25) is 0 Å². The molecular weight excluding hydrogens is 278 g/mol. The maximum Gasteiger partial charge on any atom is 0.352 e. The predicted octanol–water partition coefficient (Wildman–Crippen LogP) is 2.95. The van der Waals surface area contributed by atoms with Crippen LogP contribution in [-0.4, -0.2) is 27.7 Å². The van der Waals surface area contributed by atoms with Gasteiger partial charge in [-0.15, -0.1) is 0 Å². The molecule has 1 N–H and O–H groups in total. The number of hydrogen-bond donors (Lipinski definition) is 1. The second-order valence-corrected chi connectivity index (χ2v) is 5.39. The Morgan fingerprint density at radius 3 is 2.93 bits per heavy atom. The van der Waals surface area contributed by atoms with Gasteiger partial charge in [0, 0.05) is 17.2 Å². The van der Waals surface area contributed by atoms with Crippen LogP contribution in [0.3, 0.4) is 0 Å². The maximum atomic E-state index is 10.9. The molecule has 0 aromatic carbocycles. The predicted molar refractivity (Wildman–Crippen MR) is 66.6 cm³/mol. The Kier molecular flexibility index (Phi) is 4.73. The van der Waals surface area contributed by atoms with Crippen molar-refractivity contribution in [3.63, 3.8) is 0 Å². The van der Waals surface area contributed by atoms with Crippen molar-refractivity contribution in [2.45, 2.75) is 13.5 Å². The zero-order valence-electron chi connectivity index (χ0n) is 8.74. The molecule has 0 amide bonds. The van der Waals surface area contributed by atoms with Crippen LogP contribution in [0.1, 0.15) is 17.4 Å². The average molecular weight is 292 g/mol. The number of nitrogens with zero attached hydrogens (tertiary/aromatic N) is 1. The standard InChI is InChI=1S/C10H14BrNO2S/c1-7(6-15-2)4-12-5-8(11)3-9(12)10(13)14/h3,5,7H,4,6H2,1-2H3,(H,13,14). The van der Waals surface area contributed by atoms with Crippen molar-refractivity contribution >= 4 is 33.7 Å². The summed E-state index contributed by atoms with van der Waals surface area (Å²) in [5, 5.41) is 8.97. The molecule has 0 aliphatic carbocycles. The molecular formula is C10H14BrNO2S. The first-order valence-electron chi connectivity index (χ1n) is 4.62. The summed E-state index contributed by atoms with van der Waals surface area (Å²) >= 11 is 5.07. The van der Waals surface area contributed by atoms with Gasteiger partial charge in [0.25, 0.3) is 0 Å². The van der Waals surface area contributed by atoms with Crippen molar-refractivity contribution in [2.24, 2.45) is 5.92 Å². The van der Waals surface area contributed by atoms with Gasteiger partial charge in [0.15, 0.2) is 0 Å². The lowest BCUT2D eigenvalue weighted by Gasteiger charge is -2.12. The van der Waals surface area contributed by atoms with Crippen LogP contribution in [-0.2, 0) is 6.54 Å². The highest BCUT2D eigenvalue weighted by atomic mass is 79.9. The van der Waals surface area contributed by atoms with Gasteiger partial charge >= 0.3 is 5.97 Å². The monoisotopic (exact) mass is 291 g/mol. The molecule has 0 bridgehead atoms. The van der Waals surface area contributed by atoms with Crippen molar-refractivity contribution in [2.75, 3.05) is 12.0 Å². The molecule has 1 heterocycles. The van der Waals surface area contributed by atoms with E-state index in [9.17, 15) is 4.79 Å². The van der Waals surface area contributed by atoms with Crippen molar-refractivity contribution in [3.8, 4) is 0 Å². The van der Waals surface area contributed by atoms with Crippen LogP contribution in [0, 0.1) is 5.92 Å². The fraction of sp³-hybridized carbons (Fsp3) is 0.500. The molecule has 1 aromatic rings. The summed E-state index contributed by atoms with van der Waals surface area (Å²) in [5.41, 5.74) is 0.342. The van der Waals surface area contributed by atoms with E-state index < -0.39 is 5.97 Å². The van der Waals surface area contributed by atoms with E-state index in [-0.39, 0.29) is 0 Å². The number of rotatable bonds is 5. The Balaban J connectivity index is 2.79. The van der Waals surface area contributed by atoms with Gasteiger partial charge in [-0.1, -0.05) is 6.92 Å². The summed E-state index contributed by atoms with van der Waals surface area (Å²) in [6.07, 6.45) is 3.88. The summed E-state index contributed by atoms with van der Waals surface area (Å²) in [4.78, 5) is 10.9. The SMILES string of the molecule is CSCC(C)Cn1cc(Br)cc1C(=O)O. The van der Waals surface area contributed by atoms with E-state index in [4.69, 9.17) is 5.11 Å². The van der Waals surface area contributed by atoms with Crippen molar-refractivity contribution in [3.05, 3.63) is 22.4 Å². The lowest BCUT2D eigenvalue weighted by Crippen LogP contribution is -2.14. The molecule has 15 heavy (non-hydrogen) atoms. The van der Waals surface area contributed by atoms with Crippen molar-refractivity contribution in [1.82, 2.24) is 4.57 Å². The summed E-state index contributed by atoms with van der Waals surface area (Å²) in [7, 11) is 0. The van der Waals surface area contributed by atoms with Gasteiger partial charge in [-0.3, -0.25) is 0 Å². The minimum absolute atomic E-state index is 0.342. The van der Waals surface area contributed by atoms with E-state index in [0.29, 0.717) is 11.6 Å². The van der Waals surface area contributed by atoms with Crippen LogP contribution in [0.5, 0.6) is 0 Å². The lowest BCUT2D eigenvalue weighted by atomic mass is 10.2. The third-order valence-electron chi connectivity index (χ3n) is 2.04. The molecule has 0 fully saturated rings. The lowest BCUT2D eigenvalue weighted by molar-refractivity contribution is 0.0684. The largest absolute Gasteiger partial charge is 0.477 e. The second kappa shape index (κ2) is 5.61. The van der Waals surface area contributed by atoms with Gasteiger partial charge in [-0.2, -0.15) is 11.8 Å². The van der Waals surface area contributed by atoms with Gasteiger partial charge in [0.05, 0.1) is 0 Å². The molecule has 0 aliphatic heterocycles. The van der Waals surface area contributed by atoms with Crippen molar-refractivity contribution in [1.29, 1.82) is 0 Å². The molecule has 0 aliphatic rings. The molecule has 84 valence electrons. The summed E-state index contributed by atoms with van der Waals surface area (Å²) in [6, 6.07) is 1.63. The second-order valence-electron chi connectivity index (χ2n) is 3.56. The van der Waals surface area contributed by atoms with Gasteiger partial charge in [0.1, 0.15) is 5.69 Å². The number of aromatic carboxylic acids is 1. The number of halogens is 1. The Morgan fingerprint density at radius 2 is 2.40 bits per heavy atom. The smallest absolute Gasteiger partial charge is 0.352 e. The Labute approximate surface area is 102 Å². The molecule has 0 radical (unpaired) electrons. The Bertz CT molecular complexity index is 351. The zero-order chi connectivity index (χ0) is 11.4. The van der Waals surface area contributed by atoms with E-state index in [1.807, 2.05) is 6.20 Å². The molecule has 1 atom stereocenters. The number of carboxylic acids is 1. The molecule has 5 heteroatoms. The molecule has 1 unspecified atom stereocenters. The molecule has 0 saturated carbocycles. The van der Waals surface area contributed by atoms with Gasteiger partial charge < -0.3 is 9.67 Å². The molecule has 3 nitrogen and oxygen atoms in total. The Morgan fingerprint density at radius 1 is 1.73 bits per heavy atom. The maximum absolute atomic E-state index is 10.9. The number of carboxylic acid groups (broad SMARTS) is 1. The van der Waals surface area contributed by atoms with E-state index in [1.54, 1.807) is 22.4 Å². The summed E-state index contributed by atoms with van der Waals surface area (Å²) < 4.78 is 2.60. The van der Waals surface area contributed by atoms with Crippen LogP contribution in [0.15, 0.2) is 16.7 Å². The first-order chi connectivity index (χ1) is 7.04. The van der Waals surface area contributed by atoms with Crippen LogP contribution in [0.4, 0.5) is 0 Å². The number of aromatic nitrogens is 1. The van der Waals surface area contributed by atoms with Crippen LogP contribution >= 0.6 is 27.7 Å². The van der Waals surface area contributed by atoms with Crippen LogP contribution in [0.2, 0.25) is 0 Å². The zero-order valence-corrected chi connectivity index (χ0v) is 11.1. The Hall–Kier alpha value is -0.420. The first kappa shape index (κ1) is 12.6. The molecule has 0 saturated heterocycles. The third-order valence-corrected chi connectivity index (χ3v) is 3.38. The highest BCUT2D eigenvalue weighted by Gasteiger charge is 2.13. The quantitative estimate of drug-likeness (QED) is 0.907. The topological polar surface area (TPSA) is 42.2 Å². The third kappa shape index (κ3) is 3.57. The van der Waals surface area contributed by atoms with E-state index >= 15 is 0 Å². The van der Waals surface area contributed by atoms with Crippen LogP contribution < -0.4 is 0 Å². The molecule has 1 aromatic heterocycles. The minimum atomic E-state index is -0.878. The van der Waals surface area contributed by atoms with E-state index in [2.05, 4.69) is 29.1 Å². The van der Waals surface area contributed by atoms with E-state index in [0.717, 1.165) is 16.8 Å². The minimum Gasteiger partial charge on any atom is -0.477 e. The normalized spacial score (nSPS) is 12.7. The highest BCUT2D eigenvalue weighted by molar-refractivity contribution is 9.10. The van der Waals surface area contributed by atoms with Gasteiger partial charge in [-0.05, 0) is 39.9 Å². The van der Waals surface area contributed by atoms with Gasteiger partial charge in [-0.25, -0.2) is 4.79 Å². The average Bonchev–Trinajstić information content (AvgIpc) is 2.47. The summed E-state index contributed by atoms with van der Waals surface area (Å²) in [5.74, 6) is 0.629. The van der Waals surface area contributed by atoms with Crippen LogP contribution in [0.25, 0.3) is 0 Å². The number of carbonyl (C=O) groups is 1. The van der Waals surface area contributed by atoms with Crippen molar-refractivity contribution < 1.29 is 9.90 Å². The number of thioether (sulfide) groups is 1. The fourth-order valence-electron chi connectivity index (χ4n) is 1.48. The molecule has 0 spiro atoms. The van der Waals surface area contributed by atoms with E-state index in [1.165, 1.54) is 0 Å². The molecule has 1 rings (SSSR count).